The number of aliphatic hydroxyl groups excluding tert-OH is 3. The standard InChI is InChI=1S/C12H13FN4O3/c13-7-6(3-18)9(19)10(20)8(7)17-2-1-5-11(14)15-4-16-12(5)17/h1-2,4,8-10,18-20H,3H2,(H2,14,15,16)/t8?,9-,10+/m1/s1. The summed E-state index contributed by atoms with van der Waals surface area (Å²) in [5, 5.41) is 29.3. The van der Waals surface area contributed by atoms with E-state index in [0.29, 0.717) is 11.0 Å². The number of nitrogens with zero attached hydrogens (tertiary/aromatic N) is 3. The van der Waals surface area contributed by atoms with Crippen LogP contribution in [0.25, 0.3) is 11.0 Å². The van der Waals surface area contributed by atoms with Crippen LogP contribution in [0.3, 0.4) is 0 Å². The van der Waals surface area contributed by atoms with Crippen LogP contribution in [0.5, 0.6) is 0 Å². The first-order valence-electron chi connectivity index (χ1n) is 5.98. The first-order chi connectivity index (χ1) is 9.56. The lowest BCUT2D eigenvalue weighted by Gasteiger charge is -2.19. The van der Waals surface area contributed by atoms with Gasteiger partial charge in [-0.2, -0.15) is 0 Å². The van der Waals surface area contributed by atoms with E-state index >= 15 is 0 Å². The molecular formula is C12H13FN4O3. The molecule has 7 nitrogen and oxygen atoms in total. The summed E-state index contributed by atoms with van der Waals surface area (Å²) < 4.78 is 15.6. The summed E-state index contributed by atoms with van der Waals surface area (Å²) in [4.78, 5) is 7.85. The lowest BCUT2D eigenvalue weighted by Crippen LogP contribution is -2.30. The third kappa shape index (κ3) is 1.62. The van der Waals surface area contributed by atoms with Crippen LogP contribution in [0.15, 0.2) is 30.0 Å². The SMILES string of the molecule is Nc1ncnc2c1ccn2C1C(F)=C(CO)[C@@H](O)[C@H]1O. The molecule has 1 unspecified atom stereocenters. The Balaban J connectivity index is 2.17. The summed E-state index contributed by atoms with van der Waals surface area (Å²) in [6, 6.07) is 0.465. The molecule has 3 atom stereocenters. The van der Waals surface area contributed by atoms with E-state index in [2.05, 4.69) is 9.97 Å². The first kappa shape index (κ1) is 13.0. The van der Waals surface area contributed by atoms with Crippen LogP contribution in [0.4, 0.5) is 10.2 Å². The molecule has 1 aliphatic rings. The van der Waals surface area contributed by atoms with Crippen LogP contribution >= 0.6 is 0 Å². The molecule has 8 heteroatoms. The largest absolute Gasteiger partial charge is 0.392 e. The van der Waals surface area contributed by atoms with E-state index in [4.69, 9.17) is 10.8 Å². The molecule has 0 spiro atoms. The van der Waals surface area contributed by atoms with E-state index in [1.807, 2.05) is 0 Å². The zero-order valence-electron chi connectivity index (χ0n) is 10.3. The number of hydrogen-bond acceptors (Lipinski definition) is 6. The van der Waals surface area contributed by atoms with Crippen molar-refractivity contribution in [3.63, 3.8) is 0 Å². The van der Waals surface area contributed by atoms with Crippen LogP contribution in [-0.2, 0) is 0 Å². The zero-order chi connectivity index (χ0) is 14.4. The quantitative estimate of drug-likeness (QED) is 0.589. The second-order valence-corrected chi connectivity index (χ2v) is 4.63. The second-order valence-electron chi connectivity index (χ2n) is 4.63. The van der Waals surface area contributed by atoms with Gasteiger partial charge in [0.2, 0.25) is 0 Å². The van der Waals surface area contributed by atoms with Gasteiger partial charge >= 0.3 is 0 Å². The minimum Gasteiger partial charge on any atom is -0.392 e. The highest BCUT2D eigenvalue weighted by atomic mass is 19.1. The van der Waals surface area contributed by atoms with Crippen molar-refractivity contribution in [1.29, 1.82) is 0 Å². The smallest absolute Gasteiger partial charge is 0.146 e. The van der Waals surface area contributed by atoms with Gasteiger partial charge in [0.05, 0.1) is 12.0 Å². The van der Waals surface area contributed by atoms with E-state index in [1.54, 1.807) is 6.07 Å². The maximum atomic E-state index is 14.2. The third-order valence-electron chi connectivity index (χ3n) is 3.58. The average Bonchev–Trinajstić information content (AvgIpc) is 2.92. The van der Waals surface area contributed by atoms with Gasteiger partial charge < -0.3 is 25.6 Å². The Morgan fingerprint density at radius 1 is 1.35 bits per heavy atom. The van der Waals surface area contributed by atoms with E-state index < -0.39 is 30.7 Å². The summed E-state index contributed by atoms with van der Waals surface area (Å²) in [5.74, 6) is -0.518. The summed E-state index contributed by atoms with van der Waals surface area (Å²) in [6.45, 7) is -0.656. The van der Waals surface area contributed by atoms with Crippen molar-refractivity contribution in [2.24, 2.45) is 0 Å². The fourth-order valence-electron chi connectivity index (χ4n) is 2.53. The molecule has 1 aliphatic carbocycles. The Morgan fingerprint density at radius 2 is 2.10 bits per heavy atom. The highest BCUT2D eigenvalue weighted by Gasteiger charge is 2.43. The number of fused-ring (bicyclic) bond motifs is 1. The molecule has 2 aromatic heterocycles. The number of nitrogen functional groups attached to an aromatic ring is 1. The van der Waals surface area contributed by atoms with Crippen LogP contribution in [0.1, 0.15) is 6.04 Å². The minimum atomic E-state index is -1.44. The molecule has 0 amide bonds. The van der Waals surface area contributed by atoms with Gasteiger partial charge in [-0.25, -0.2) is 14.4 Å². The van der Waals surface area contributed by atoms with Gasteiger partial charge in [0, 0.05) is 11.8 Å². The predicted molar refractivity (Wildman–Crippen MR) is 68.2 cm³/mol. The minimum absolute atomic E-state index is 0.216. The molecule has 2 heterocycles. The molecule has 5 N–H and O–H groups in total. The summed E-state index contributed by atoms with van der Waals surface area (Å²) in [5.41, 5.74) is 5.83. The topological polar surface area (TPSA) is 117 Å². The van der Waals surface area contributed by atoms with Crippen molar-refractivity contribution < 1.29 is 19.7 Å². The molecule has 20 heavy (non-hydrogen) atoms. The Kier molecular flexibility index (Phi) is 2.93. The fraction of sp³-hybridized carbons (Fsp3) is 0.333. The van der Waals surface area contributed by atoms with Crippen molar-refractivity contribution >= 4 is 16.9 Å². The summed E-state index contributed by atoms with van der Waals surface area (Å²) in [7, 11) is 0. The van der Waals surface area contributed by atoms with Crippen LogP contribution < -0.4 is 5.73 Å². The molecule has 0 bridgehead atoms. The molecule has 3 rings (SSSR count). The molecule has 0 aromatic carbocycles. The average molecular weight is 280 g/mol. The van der Waals surface area contributed by atoms with Gasteiger partial charge in [-0.15, -0.1) is 0 Å². The highest BCUT2D eigenvalue weighted by Crippen LogP contribution is 2.39. The Morgan fingerprint density at radius 3 is 2.75 bits per heavy atom. The summed E-state index contributed by atoms with van der Waals surface area (Å²) in [6.07, 6.45) is -0.0953. The van der Waals surface area contributed by atoms with Crippen molar-refractivity contribution in [3.05, 3.63) is 30.0 Å². The number of halogens is 1. The maximum absolute atomic E-state index is 14.2. The van der Waals surface area contributed by atoms with E-state index in [9.17, 15) is 14.6 Å². The van der Waals surface area contributed by atoms with Crippen LogP contribution in [0, 0.1) is 0 Å². The number of anilines is 1. The normalized spacial score (nSPS) is 26.7. The third-order valence-corrected chi connectivity index (χ3v) is 3.58. The second kappa shape index (κ2) is 4.51. The van der Waals surface area contributed by atoms with Gasteiger partial charge in [0.1, 0.15) is 41.9 Å². The molecule has 2 aromatic rings. The predicted octanol–water partition coefficient (Wildman–Crippen LogP) is -0.494. The molecule has 0 fully saturated rings. The Hall–Kier alpha value is -2.03. The summed E-state index contributed by atoms with van der Waals surface area (Å²) >= 11 is 0. The van der Waals surface area contributed by atoms with Gasteiger partial charge in [0.15, 0.2) is 0 Å². The van der Waals surface area contributed by atoms with E-state index in [-0.39, 0.29) is 11.4 Å². The molecule has 0 aliphatic heterocycles. The monoisotopic (exact) mass is 280 g/mol. The van der Waals surface area contributed by atoms with Crippen molar-refractivity contribution in [2.45, 2.75) is 18.2 Å². The Bertz CT molecular complexity index is 699. The molecule has 0 saturated carbocycles. The molecule has 0 radical (unpaired) electrons. The maximum Gasteiger partial charge on any atom is 0.146 e. The van der Waals surface area contributed by atoms with Crippen LogP contribution in [0.2, 0.25) is 0 Å². The lowest BCUT2D eigenvalue weighted by atomic mass is 10.1. The lowest BCUT2D eigenvalue weighted by molar-refractivity contribution is 0.0263. The van der Waals surface area contributed by atoms with Crippen molar-refractivity contribution in [3.8, 4) is 0 Å². The van der Waals surface area contributed by atoms with E-state index in [0.717, 1.165) is 0 Å². The highest BCUT2D eigenvalue weighted by molar-refractivity contribution is 5.86. The number of aromatic nitrogens is 3. The number of nitrogens with two attached hydrogens (primary N) is 1. The molecule has 0 saturated heterocycles. The molecular weight excluding hydrogens is 267 g/mol. The van der Waals surface area contributed by atoms with Gasteiger partial charge in [-0.1, -0.05) is 0 Å². The van der Waals surface area contributed by atoms with Crippen LogP contribution in [-0.4, -0.2) is 48.7 Å². The number of aliphatic hydroxyl groups is 3. The van der Waals surface area contributed by atoms with Crippen molar-refractivity contribution in [1.82, 2.24) is 14.5 Å². The van der Waals surface area contributed by atoms with Gasteiger partial charge in [-0.3, -0.25) is 0 Å². The van der Waals surface area contributed by atoms with Gasteiger partial charge in [-0.05, 0) is 6.07 Å². The van der Waals surface area contributed by atoms with E-state index in [1.165, 1.54) is 17.1 Å². The Labute approximate surface area is 112 Å². The van der Waals surface area contributed by atoms with Gasteiger partial charge in [0.25, 0.3) is 0 Å². The number of hydrogen-bond donors (Lipinski definition) is 4. The molecule has 106 valence electrons. The zero-order valence-corrected chi connectivity index (χ0v) is 10.3. The fourth-order valence-corrected chi connectivity index (χ4v) is 2.53. The van der Waals surface area contributed by atoms with Crippen molar-refractivity contribution in [2.75, 3.05) is 12.3 Å². The number of rotatable bonds is 2. The first-order valence-corrected chi connectivity index (χ1v) is 5.98.